The van der Waals surface area contributed by atoms with Crippen LogP contribution in [0.4, 0.5) is 4.39 Å². The molecule has 7 nitrogen and oxygen atoms in total. The quantitative estimate of drug-likeness (QED) is 0.165. The summed E-state index contributed by atoms with van der Waals surface area (Å²) in [4.78, 5) is 31.6. The first-order chi connectivity index (χ1) is 27.1. The highest BCUT2D eigenvalue weighted by atomic mass is 32.1. The Morgan fingerprint density at radius 3 is 1.53 bits per heavy atom. The minimum absolute atomic E-state index is 0.265. The first-order valence-corrected chi connectivity index (χ1v) is 20.9. The highest BCUT2D eigenvalue weighted by Gasteiger charge is 2.17. The summed E-state index contributed by atoms with van der Waals surface area (Å²) in [6.07, 6.45) is 3.52. The number of hydrogen-bond donors (Lipinski definition) is 0. The van der Waals surface area contributed by atoms with Crippen molar-refractivity contribution in [1.82, 2.24) is 29.9 Å². The fourth-order valence-corrected chi connectivity index (χ4v) is 8.57. The van der Waals surface area contributed by atoms with Crippen LogP contribution in [0.15, 0.2) is 135 Å². The molecule has 0 bridgehead atoms. The maximum absolute atomic E-state index is 13.4. The third kappa shape index (κ3) is 7.76. The van der Waals surface area contributed by atoms with Crippen LogP contribution in [-0.4, -0.2) is 29.9 Å². The topological polar surface area (TPSA) is 90.5 Å². The Morgan fingerprint density at radius 2 is 1.02 bits per heavy atom. The van der Waals surface area contributed by atoms with E-state index in [9.17, 15) is 4.39 Å². The van der Waals surface area contributed by atoms with Gasteiger partial charge in [-0.3, -0.25) is 0 Å². The Hall–Kier alpha value is -5.79. The van der Waals surface area contributed by atoms with E-state index in [-0.39, 0.29) is 5.82 Å². The first-order valence-electron chi connectivity index (χ1n) is 17.4. The molecular formula is C43H31FN6OS4. The SMILES string of the molecule is CC.Cc1cnc(-c2ccc3nc(-c4cccs4)c(-c4cccs4)nc3c2)o1.Fc1ccc(-c2nc3ccc(-c4nccs4)cc3nc2-c2cccs2)cc1. The van der Waals surface area contributed by atoms with E-state index in [4.69, 9.17) is 24.4 Å². The molecule has 0 aliphatic heterocycles. The summed E-state index contributed by atoms with van der Waals surface area (Å²) in [6.45, 7) is 5.89. The van der Waals surface area contributed by atoms with E-state index in [1.807, 2.05) is 92.2 Å². The number of thiazole rings is 1. The molecule has 7 aromatic heterocycles. The Balaban J connectivity index is 0.000000149. The second-order valence-electron chi connectivity index (χ2n) is 11.8. The smallest absolute Gasteiger partial charge is 0.226 e. The van der Waals surface area contributed by atoms with Crippen LogP contribution >= 0.6 is 45.3 Å². The van der Waals surface area contributed by atoms with Crippen LogP contribution in [0, 0.1) is 12.7 Å². The normalized spacial score (nSPS) is 10.9. The lowest BCUT2D eigenvalue weighted by Crippen LogP contribution is -1.95. The van der Waals surface area contributed by atoms with Gasteiger partial charge in [0.25, 0.3) is 0 Å². The fraction of sp³-hybridized carbons (Fsp3) is 0.0698. The van der Waals surface area contributed by atoms with Crippen LogP contribution in [0.3, 0.4) is 0 Å². The number of rotatable bonds is 6. The van der Waals surface area contributed by atoms with Gasteiger partial charge in [-0.15, -0.1) is 45.3 Å². The zero-order valence-electron chi connectivity index (χ0n) is 29.8. The van der Waals surface area contributed by atoms with Gasteiger partial charge in [-0.2, -0.15) is 0 Å². The molecule has 0 aliphatic carbocycles. The van der Waals surface area contributed by atoms with Crippen molar-refractivity contribution >= 4 is 67.4 Å². The highest BCUT2D eigenvalue weighted by molar-refractivity contribution is 7.14. The van der Waals surface area contributed by atoms with E-state index in [1.165, 1.54) is 12.1 Å². The summed E-state index contributed by atoms with van der Waals surface area (Å²) in [5, 5.41) is 9.05. The minimum atomic E-state index is -0.265. The third-order valence-electron chi connectivity index (χ3n) is 8.26. The van der Waals surface area contributed by atoms with Crippen LogP contribution in [0.1, 0.15) is 19.6 Å². The van der Waals surface area contributed by atoms with Crippen LogP contribution in [-0.2, 0) is 0 Å². The number of nitrogens with zero attached hydrogens (tertiary/aromatic N) is 6. The predicted molar refractivity (Wildman–Crippen MR) is 227 cm³/mol. The summed E-state index contributed by atoms with van der Waals surface area (Å²) >= 11 is 6.55. The van der Waals surface area contributed by atoms with Crippen molar-refractivity contribution in [3.8, 4) is 65.0 Å². The molecule has 55 heavy (non-hydrogen) atoms. The highest BCUT2D eigenvalue weighted by Crippen LogP contribution is 2.37. The second kappa shape index (κ2) is 16.3. The molecule has 3 aromatic carbocycles. The Morgan fingerprint density at radius 1 is 0.509 bits per heavy atom. The molecule has 0 fully saturated rings. The summed E-state index contributed by atoms with van der Waals surface area (Å²) in [5.74, 6) is 1.13. The number of thiophene rings is 3. The van der Waals surface area contributed by atoms with Crippen LogP contribution in [0.25, 0.3) is 87.1 Å². The molecule has 0 spiro atoms. The molecule has 0 saturated carbocycles. The third-order valence-corrected chi connectivity index (χ3v) is 11.7. The number of oxazole rings is 1. The first kappa shape index (κ1) is 36.2. The molecule has 10 aromatic rings. The zero-order valence-corrected chi connectivity index (χ0v) is 33.1. The van der Waals surface area contributed by atoms with E-state index in [1.54, 1.807) is 69.9 Å². The molecular weight excluding hydrogens is 764 g/mol. The molecule has 12 heteroatoms. The number of aromatic nitrogens is 6. The number of benzene rings is 3. The van der Waals surface area contributed by atoms with Gasteiger partial charge in [-0.1, -0.05) is 32.0 Å². The molecule has 0 radical (unpaired) electrons. The molecule has 0 aliphatic rings. The summed E-state index contributed by atoms with van der Waals surface area (Å²) in [6, 6.07) is 30.6. The standard InChI is InChI=1S/C21H12FN3S2.C20H13N3OS2.C2H6/c22-15-6-3-13(4-7-15)19-20(18-2-1-10-26-18)25-17-12-14(5-8-16(17)24-19)21-23-9-11-27-21;1-12-11-21-20(24-12)13-6-7-14-15(10-13)23-19(17-5-3-9-26-17)18(22-14)16-4-2-8-25-16;1-2/h1-12H;2-11H,1H3;1-2H3. The van der Waals surface area contributed by atoms with Crippen molar-refractivity contribution in [2.45, 2.75) is 20.8 Å². The molecule has 0 amide bonds. The molecule has 0 saturated heterocycles. The Kier molecular flexibility index (Phi) is 10.7. The maximum atomic E-state index is 13.4. The Labute approximate surface area is 332 Å². The van der Waals surface area contributed by atoms with Gasteiger partial charge in [0.1, 0.15) is 33.7 Å². The van der Waals surface area contributed by atoms with Gasteiger partial charge in [0, 0.05) is 28.3 Å². The molecule has 0 unspecified atom stereocenters. The minimum Gasteiger partial charge on any atom is -0.441 e. The number of fused-ring (bicyclic) bond motifs is 2. The summed E-state index contributed by atoms with van der Waals surface area (Å²) in [7, 11) is 0. The van der Waals surface area contributed by atoms with Gasteiger partial charge < -0.3 is 4.42 Å². The van der Waals surface area contributed by atoms with E-state index >= 15 is 0 Å². The van der Waals surface area contributed by atoms with Crippen LogP contribution < -0.4 is 0 Å². The van der Waals surface area contributed by atoms with Gasteiger partial charge in [0.15, 0.2) is 0 Å². The monoisotopic (exact) mass is 794 g/mol. The predicted octanol–water partition coefficient (Wildman–Crippen LogP) is 13.4. The van der Waals surface area contributed by atoms with Crippen molar-refractivity contribution in [1.29, 1.82) is 0 Å². The van der Waals surface area contributed by atoms with Crippen LogP contribution in [0.2, 0.25) is 0 Å². The summed E-state index contributed by atoms with van der Waals surface area (Å²) < 4.78 is 19.0. The zero-order chi connectivity index (χ0) is 37.7. The molecule has 0 N–H and O–H groups in total. The average molecular weight is 795 g/mol. The molecule has 0 atom stereocenters. The lowest BCUT2D eigenvalue weighted by molar-refractivity contribution is 0.542. The van der Waals surface area contributed by atoms with Crippen molar-refractivity contribution in [2.24, 2.45) is 0 Å². The van der Waals surface area contributed by atoms with Gasteiger partial charge in [0.2, 0.25) is 5.89 Å². The lowest BCUT2D eigenvalue weighted by Gasteiger charge is -2.10. The van der Waals surface area contributed by atoms with Crippen LogP contribution in [0.5, 0.6) is 0 Å². The lowest BCUT2D eigenvalue weighted by atomic mass is 10.1. The van der Waals surface area contributed by atoms with E-state index < -0.39 is 0 Å². The largest absolute Gasteiger partial charge is 0.441 e. The molecule has 270 valence electrons. The van der Waals surface area contributed by atoms with Gasteiger partial charge in [0.05, 0.1) is 48.6 Å². The van der Waals surface area contributed by atoms with E-state index in [0.717, 1.165) is 86.9 Å². The fourth-order valence-electron chi connectivity index (χ4n) is 5.79. The summed E-state index contributed by atoms with van der Waals surface area (Å²) in [5.41, 5.74) is 9.49. The van der Waals surface area contributed by atoms with Crippen molar-refractivity contribution < 1.29 is 8.81 Å². The van der Waals surface area contributed by atoms with Gasteiger partial charge in [-0.05, 0) is 102 Å². The maximum Gasteiger partial charge on any atom is 0.226 e. The molecule has 7 heterocycles. The van der Waals surface area contributed by atoms with E-state index in [0.29, 0.717) is 5.89 Å². The van der Waals surface area contributed by atoms with Gasteiger partial charge >= 0.3 is 0 Å². The van der Waals surface area contributed by atoms with Crippen molar-refractivity contribution in [3.63, 3.8) is 0 Å². The van der Waals surface area contributed by atoms with Crippen molar-refractivity contribution in [3.05, 3.63) is 143 Å². The number of hydrogen-bond acceptors (Lipinski definition) is 11. The van der Waals surface area contributed by atoms with Gasteiger partial charge in [-0.25, -0.2) is 34.3 Å². The average Bonchev–Trinajstić information content (AvgIpc) is 4.08. The number of halogens is 1. The van der Waals surface area contributed by atoms with Crippen molar-refractivity contribution in [2.75, 3.05) is 0 Å². The number of aryl methyl sites for hydroxylation is 1. The molecule has 10 rings (SSSR count). The Bertz CT molecular complexity index is 2800. The van der Waals surface area contributed by atoms with E-state index in [2.05, 4.69) is 32.9 Å². The second-order valence-corrected chi connectivity index (χ2v) is 15.5.